The monoisotopic (exact) mass is 216 g/mol. The summed E-state index contributed by atoms with van der Waals surface area (Å²) < 4.78 is 12.9. The summed E-state index contributed by atoms with van der Waals surface area (Å²) in [4.78, 5) is 0. The van der Waals surface area contributed by atoms with Crippen LogP contribution in [0.1, 0.15) is 5.56 Å². The van der Waals surface area contributed by atoms with Crippen LogP contribution in [0.15, 0.2) is 54.6 Å². The minimum atomic E-state index is -0.209. The largest absolute Gasteiger partial charge is 0.321 e. The molecule has 0 amide bonds. The molecule has 0 unspecified atom stereocenters. The lowest BCUT2D eigenvalue weighted by Gasteiger charge is -2.08. The van der Waals surface area contributed by atoms with Crippen LogP contribution in [0, 0.1) is 5.82 Å². The van der Waals surface area contributed by atoms with E-state index in [1.165, 1.54) is 12.1 Å². The highest BCUT2D eigenvalue weighted by atomic mass is 19.1. The van der Waals surface area contributed by atoms with E-state index >= 15 is 0 Å². The van der Waals surface area contributed by atoms with Crippen LogP contribution >= 0.6 is 0 Å². The van der Waals surface area contributed by atoms with Gasteiger partial charge in [0.1, 0.15) is 5.82 Å². The third-order valence-electron chi connectivity index (χ3n) is 2.19. The van der Waals surface area contributed by atoms with E-state index in [0.717, 1.165) is 11.3 Å². The van der Waals surface area contributed by atoms with E-state index in [-0.39, 0.29) is 5.82 Å². The summed E-state index contributed by atoms with van der Waals surface area (Å²) in [5.41, 5.74) is 7.96. The first-order chi connectivity index (χ1) is 7.84. The van der Waals surface area contributed by atoms with Crippen molar-refractivity contribution in [2.45, 2.75) is 6.54 Å². The van der Waals surface area contributed by atoms with Crippen LogP contribution in [0.4, 0.5) is 10.1 Å². The fourth-order valence-corrected chi connectivity index (χ4v) is 1.42. The molecule has 0 heterocycles. The smallest absolute Gasteiger partial charge is 0.123 e. The maximum absolute atomic E-state index is 12.9. The number of para-hydroxylation sites is 1. The summed E-state index contributed by atoms with van der Waals surface area (Å²) in [6, 6.07) is 16.3. The molecule has 2 aromatic rings. The lowest BCUT2D eigenvalue weighted by molar-refractivity contribution is 0.623. The predicted molar refractivity (Wildman–Crippen MR) is 63.3 cm³/mol. The molecule has 0 atom stereocenters. The molecule has 0 bridgehead atoms. The topological polar surface area (TPSA) is 24.1 Å². The van der Waals surface area contributed by atoms with Crippen LogP contribution in [-0.4, -0.2) is 0 Å². The van der Waals surface area contributed by atoms with E-state index in [4.69, 9.17) is 0 Å². The Kier molecular flexibility index (Phi) is 3.51. The van der Waals surface area contributed by atoms with Gasteiger partial charge in [-0.2, -0.15) is 0 Å². The Hall–Kier alpha value is -1.87. The maximum Gasteiger partial charge on any atom is 0.123 e. The summed E-state index contributed by atoms with van der Waals surface area (Å²) in [5.74, 6) is -0.209. The van der Waals surface area contributed by atoms with Crippen molar-refractivity contribution in [2.24, 2.45) is 0 Å². The SMILES string of the molecule is Fc1cccc(CNNc2ccccc2)c1. The first kappa shape index (κ1) is 10.6. The molecule has 2 aromatic carbocycles. The summed E-state index contributed by atoms with van der Waals surface area (Å²) in [6.07, 6.45) is 0. The number of anilines is 1. The normalized spacial score (nSPS) is 10.1. The van der Waals surface area contributed by atoms with E-state index in [0.29, 0.717) is 6.54 Å². The van der Waals surface area contributed by atoms with Gasteiger partial charge in [0, 0.05) is 12.2 Å². The highest BCUT2D eigenvalue weighted by molar-refractivity contribution is 5.41. The maximum atomic E-state index is 12.9. The standard InChI is InChI=1S/C13H13FN2/c14-12-6-4-5-11(9-12)10-15-16-13-7-2-1-3-8-13/h1-9,15-16H,10H2. The molecule has 0 aliphatic heterocycles. The highest BCUT2D eigenvalue weighted by Gasteiger charge is 1.94. The average molecular weight is 216 g/mol. The molecule has 0 spiro atoms. The molecule has 82 valence electrons. The van der Waals surface area contributed by atoms with Gasteiger partial charge in [-0.3, -0.25) is 0 Å². The highest BCUT2D eigenvalue weighted by Crippen LogP contribution is 2.05. The van der Waals surface area contributed by atoms with Gasteiger partial charge in [0.2, 0.25) is 0 Å². The number of benzene rings is 2. The Balaban J connectivity index is 1.85. The van der Waals surface area contributed by atoms with E-state index in [9.17, 15) is 4.39 Å². The van der Waals surface area contributed by atoms with Crippen molar-refractivity contribution in [1.29, 1.82) is 0 Å². The van der Waals surface area contributed by atoms with Crippen LogP contribution in [0.2, 0.25) is 0 Å². The minimum absolute atomic E-state index is 0.209. The molecule has 2 N–H and O–H groups in total. The molecule has 16 heavy (non-hydrogen) atoms. The number of nitrogens with one attached hydrogen (secondary N) is 2. The molecular formula is C13H13FN2. The van der Waals surface area contributed by atoms with Crippen molar-refractivity contribution >= 4 is 5.69 Å². The first-order valence-corrected chi connectivity index (χ1v) is 5.13. The van der Waals surface area contributed by atoms with Crippen molar-refractivity contribution in [3.8, 4) is 0 Å². The third kappa shape index (κ3) is 3.07. The van der Waals surface area contributed by atoms with Crippen molar-refractivity contribution in [2.75, 3.05) is 5.43 Å². The van der Waals surface area contributed by atoms with Gasteiger partial charge in [0.05, 0.1) is 0 Å². The Labute approximate surface area is 94.1 Å². The molecule has 0 aliphatic carbocycles. The van der Waals surface area contributed by atoms with Crippen LogP contribution in [-0.2, 0) is 6.54 Å². The van der Waals surface area contributed by atoms with Gasteiger partial charge in [-0.05, 0) is 29.8 Å². The molecule has 0 saturated carbocycles. The van der Waals surface area contributed by atoms with Crippen LogP contribution < -0.4 is 10.9 Å². The molecule has 2 nitrogen and oxygen atoms in total. The Morgan fingerprint density at radius 3 is 2.50 bits per heavy atom. The average Bonchev–Trinajstić information content (AvgIpc) is 2.30. The number of hydrogen-bond acceptors (Lipinski definition) is 2. The molecule has 0 radical (unpaired) electrons. The quantitative estimate of drug-likeness (QED) is 0.768. The molecule has 2 rings (SSSR count). The predicted octanol–water partition coefficient (Wildman–Crippen LogP) is 2.94. The molecule has 0 aromatic heterocycles. The summed E-state index contributed by atoms with van der Waals surface area (Å²) in [5, 5.41) is 0. The van der Waals surface area contributed by atoms with Gasteiger partial charge >= 0.3 is 0 Å². The molecule has 0 aliphatic rings. The van der Waals surface area contributed by atoms with Gasteiger partial charge in [-0.15, -0.1) is 0 Å². The van der Waals surface area contributed by atoms with Gasteiger partial charge in [0.15, 0.2) is 0 Å². The zero-order valence-corrected chi connectivity index (χ0v) is 8.78. The fourth-order valence-electron chi connectivity index (χ4n) is 1.42. The Bertz CT molecular complexity index is 443. The Morgan fingerprint density at radius 2 is 1.75 bits per heavy atom. The second-order valence-electron chi connectivity index (χ2n) is 3.47. The summed E-state index contributed by atoms with van der Waals surface area (Å²) in [6.45, 7) is 0.576. The van der Waals surface area contributed by atoms with Crippen molar-refractivity contribution in [1.82, 2.24) is 5.43 Å². The van der Waals surface area contributed by atoms with Gasteiger partial charge in [0.25, 0.3) is 0 Å². The van der Waals surface area contributed by atoms with Gasteiger partial charge < -0.3 is 5.43 Å². The molecule has 0 fully saturated rings. The number of hydrazine groups is 1. The van der Waals surface area contributed by atoms with Crippen LogP contribution in [0.5, 0.6) is 0 Å². The fraction of sp³-hybridized carbons (Fsp3) is 0.0769. The second kappa shape index (κ2) is 5.28. The first-order valence-electron chi connectivity index (χ1n) is 5.13. The van der Waals surface area contributed by atoms with Gasteiger partial charge in [-0.1, -0.05) is 30.3 Å². The Morgan fingerprint density at radius 1 is 0.938 bits per heavy atom. The number of halogens is 1. The van der Waals surface area contributed by atoms with Crippen LogP contribution in [0.25, 0.3) is 0 Å². The van der Waals surface area contributed by atoms with Crippen molar-refractivity contribution in [3.63, 3.8) is 0 Å². The molecule has 0 saturated heterocycles. The summed E-state index contributed by atoms with van der Waals surface area (Å²) >= 11 is 0. The van der Waals surface area contributed by atoms with Gasteiger partial charge in [-0.25, -0.2) is 9.82 Å². The van der Waals surface area contributed by atoms with Crippen molar-refractivity contribution in [3.05, 3.63) is 66.0 Å². The summed E-state index contributed by atoms with van der Waals surface area (Å²) in [7, 11) is 0. The van der Waals surface area contributed by atoms with E-state index in [2.05, 4.69) is 10.9 Å². The number of hydrogen-bond donors (Lipinski definition) is 2. The van der Waals surface area contributed by atoms with E-state index < -0.39 is 0 Å². The van der Waals surface area contributed by atoms with Crippen molar-refractivity contribution < 1.29 is 4.39 Å². The third-order valence-corrected chi connectivity index (χ3v) is 2.19. The number of rotatable bonds is 4. The second-order valence-corrected chi connectivity index (χ2v) is 3.47. The van der Waals surface area contributed by atoms with E-state index in [1.807, 2.05) is 36.4 Å². The molecule has 3 heteroatoms. The minimum Gasteiger partial charge on any atom is -0.321 e. The lowest BCUT2D eigenvalue weighted by atomic mass is 10.2. The lowest BCUT2D eigenvalue weighted by Crippen LogP contribution is -2.20. The zero-order chi connectivity index (χ0) is 11.2. The zero-order valence-electron chi connectivity index (χ0n) is 8.78. The molecular weight excluding hydrogens is 203 g/mol. The van der Waals surface area contributed by atoms with E-state index in [1.54, 1.807) is 6.07 Å². The van der Waals surface area contributed by atoms with Crippen LogP contribution in [0.3, 0.4) is 0 Å².